The molecular formula is C9H7F6NO. The summed E-state index contributed by atoms with van der Waals surface area (Å²) < 4.78 is 76.8. The second kappa shape index (κ2) is 4.34. The summed E-state index contributed by atoms with van der Waals surface area (Å²) in [5.74, 6) is -0.899. The summed E-state index contributed by atoms with van der Waals surface area (Å²) in [6.45, 7) is -1.79. The fourth-order valence-corrected chi connectivity index (χ4v) is 1.05. The van der Waals surface area contributed by atoms with E-state index in [9.17, 15) is 26.3 Å². The van der Waals surface area contributed by atoms with Gasteiger partial charge >= 0.3 is 12.4 Å². The van der Waals surface area contributed by atoms with Crippen LogP contribution in [0.2, 0.25) is 0 Å². The minimum atomic E-state index is -4.82. The van der Waals surface area contributed by atoms with Gasteiger partial charge in [-0.3, -0.25) is 0 Å². The Morgan fingerprint density at radius 3 is 2.12 bits per heavy atom. The van der Waals surface area contributed by atoms with Gasteiger partial charge in [-0.2, -0.15) is 26.3 Å². The van der Waals surface area contributed by atoms with Crippen LogP contribution in [0.25, 0.3) is 0 Å². The molecule has 0 atom stereocenters. The number of benzene rings is 1. The number of halogens is 6. The monoisotopic (exact) mass is 259 g/mol. The molecule has 2 N–H and O–H groups in total. The first-order chi connectivity index (χ1) is 7.59. The molecule has 1 rings (SSSR count). The Bertz CT molecular complexity index is 397. The number of anilines is 1. The normalized spacial score (nSPS) is 12.6. The zero-order valence-electron chi connectivity index (χ0n) is 8.19. The number of hydrogen-bond acceptors (Lipinski definition) is 2. The van der Waals surface area contributed by atoms with E-state index in [1.165, 1.54) is 0 Å². The fraction of sp³-hybridized carbons (Fsp3) is 0.333. The Hall–Kier alpha value is -1.60. The van der Waals surface area contributed by atoms with Gasteiger partial charge in [0.2, 0.25) is 0 Å². The van der Waals surface area contributed by atoms with E-state index in [2.05, 4.69) is 4.74 Å². The van der Waals surface area contributed by atoms with Gasteiger partial charge in [-0.25, -0.2) is 0 Å². The van der Waals surface area contributed by atoms with E-state index in [1.807, 2.05) is 0 Å². The number of hydrogen-bond donors (Lipinski definition) is 1. The van der Waals surface area contributed by atoms with Crippen molar-refractivity contribution in [3.05, 3.63) is 23.8 Å². The van der Waals surface area contributed by atoms with E-state index >= 15 is 0 Å². The van der Waals surface area contributed by atoms with Crippen LogP contribution in [0.5, 0.6) is 5.75 Å². The minimum absolute atomic E-state index is 0.211. The van der Waals surface area contributed by atoms with Gasteiger partial charge in [0.15, 0.2) is 6.61 Å². The fourth-order valence-electron chi connectivity index (χ4n) is 1.05. The molecule has 0 aliphatic carbocycles. The quantitative estimate of drug-likeness (QED) is 0.653. The molecule has 0 radical (unpaired) electrons. The molecule has 0 fully saturated rings. The smallest absolute Gasteiger partial charge is 0.422 e. The molecule has 0 aromatic heterocycles. The average Bonchev–Trinajstić information content (AvgIpc) is 2.13. The molecule has 0 saturated heterocycles. The lowest BCUT2D eigenvalue weighted by atomic mass is 10.1. The highest BCUT2D eigenvalue weighted by Crippen LogP contribution is 2.37. The van der Waals surface area contributed by atoms with Crippen molar-refractivity contribution in [1.29, 1.82) is 0 Å². The van der Waals surface area contributed by atoms with Crippen LogP contribution in [-0.4, -0.2) is 12.8 Å². The lowest BCUT2D eigenvalue weighted by Crippen LogP contribution is -2.21. The van der Waals surface area contributed by atoms with Crippen molar-refractivity contribution in [2.75, 3.05) is 12.3 Å². The zero-order chi connectivity index (χ0) is 13.3. The maximum atomic E-state index is 12.4. The third-order valence-corrected chi connectivity index (χ3v) is 1.70. The molecule has 1 aromatic carbocycles. The van der Waals surface area contributed by atoms with E-state index in [0.717, 1.165) is 12.1 Å². The molecule has 0 unspecified atom stereocenters. The number of nitrogens with two attached hydrogens (primary N) is 1. The predicted octanol–water partition coefficient (Wildman–Crippen LogP) is 3.23. The number of rotatable bonds is 2. The van der Waals surface area contributed by atoms with Gasteiger partial charge in [0.1, 0.15) is 5.75 Å². The Morgan fingerprint density at radius 1 is 1.06 bits per heavy atom. The van der Waals surface area contributed by atoms with Gasteiger partial charge in [-0.15, -0.1) is 0 Å². The third-order valence-electron chi connectivity index (χ3n) is 1.70. The highest BCUT2D eigenvalue weighted by Gasteiger charge is 2.36. The predicted molar refractivity (Wildman–Crippen MR) is 47.4 cm³/mol. The van der Waals surface area contributed by atoms with Crippen LogP contribution in [-0.2, 0) is 6.18 Å². The van der Waals surface area contributed by atoms with Crippen LogP contribution in [0.4, 0.5) is 32.0 Å². The van der Waals surface area contributed by atoms with E-state index in [1.54, 1.807) is 0 Å². The van der Waals surface area contributed by atoms with Gasteiger partial charge in [-0.05, 0) is 18.2 Å². The van der Waals surface area contributed by atoms with Crippen molar-refractivity contribution < 1.29 is 31.1 Å². The van der Waals surface area contributed by atoms with E-state index in [0.29, 0.717) is 6.07 Å². The topological polar surface area (TPSA) is 35.2 Å². The van der Waals surface area contributed by atoms with Crippen LogP contribution in [0.1, 0.15) is 5.56 Å². The number of ether oxygens (including phenoxy) is 1. The van der Waals surface area contributed by atoms with Crippen molar-refractivity contribution >= 4 is 5.69 Å². The molecule has 0 bridgehead atoms. The number of nitrogen functional groups attached to an aromatic ring is 1. The highest BCUT2D eigenvalue weighted by molar-refractivity contribution is 5.49. The lowest BCUT2D eigenvalue weighted by molar-refractivity contribution is -0.158. The first-order valence-electron chi connectivity index (χ1n) is 4.26. The molecular weight excluding hydrogens is 252 g/mol. The summed E-state index contributed by atoms with van der Waals surface area (Å²) in [6.07, 6.45) is -9.53. The summed E-state index contributed by atoms with van der Waals surface area (Å²) in [4.78, 5) is 0. The van der Waals surface area contributed by atoms with Crippen LogP contribution in [0.3, 0.4) is 0 Å². The Balaban J connectivity index is 2.99. The second-order valence-corrected chi connectivity index (χ2v) is 3.16. The van der Waals surface area contributed by atoms with E-state index in [4.69, 9.17) is 5.73 Å². The van der Waals surface area contributed by atoms with E-state index < -0.39 is 30.3 Å². The molecule has 8 heteroatoms. The van der Waals surface area contributed by atoms with Gasteiger partial charge in [0, 0.05) is 5.69 Å². The molecule has 96 valence electrons. The highest BCUT2D eigenvalue weighted by atomic mass is 19.4. The van der Waals surface area contributed by atoms with Crippen molar-refractivity contribution in [2.24, 2.45) is 0 Å². The third kappa shape index (κ3) is 4.04. The van der Waals surface area contributed by atoms with Crippen LogP contribution in [0.15, 0.2) is 18.2 Å². The van der Waals surface area contributed by atoms with Crippen molar-refractivity contribution in [1.82, 2.24) is 0 Å². The maximum Gasteiger partial charge on any atom is 0.422 e. The van der Waals surface area contributed by atoms with Crippen molar-refractivity contribution in [3.8, 4) is 5.75 Å². The zero-order valence-corrected chi connectivity index (χ0v) is 8.19. The SMILES string of the molecule is Nc1ccc(OCC(F)(F)F)c(C(F)(F)F)c1. The van der Waals surface area contributed by atoms with Crippen LogP contribution in [0, 0.1) is 0 Å². The molecule has 1 aromatic rings. The molecule has 0 spiro atoms. The van der Waals surface area contributed by atoms with Crippen molar-refractivity contribution in [3.63, 3.8) is 0 Å². The molecule has 0 aliphatic rings. The summed E-state index contributed by atoms with van der Waals surface area (Å²) in [7, 11) is 0. The molecule has 0 aliphatic heterocycles. The first-order valence-corrected chi connectivity index (χ1v) is 4.26. The van der Waals surface area contributed by atoms with Gasteiger partial charge < -0.3 is 10.5 Å². The molecule has 2 nitrogen and oxygen atoms in total. The van der Waals surface area contributed by atoms with Crippen LogP contribution < -0.4 is 10.5 Å². The minimum Gasteiger partial charge on any atom is -0.483 e. The van der Waals surface area contributed by atoms with Gasteiger partial charge in [-0.1, -0.05) is 0 Å². The molecule has 0 saturated carbocycles. The van der Waals surface area contributed by atoms with Gasteiger partial charge in [0.05, 0.1) is 5.56 Å². The summed E-state index contributed by atoms with van der Waals surface area (Å²) >= 11 is 0. The largest absolute Gasteiger partial charge is 0.483 e. The van der Waals surface area contributed by atoms with E-state index in [-0.39, 0.29) is 5.69 Å². The molecule has 17 heavy (non-hydrogen) atoms. The Labute approximate surface area is 92.0 Å². The van der Waals surface area contributed by atoms with Crippen LogP contribution >= 0.6 is 0 Å². The lowest BCUT2D eigenvalue weighted by Gasteiger charge is -2.15. The standard InChI is InChI=1S/C9H7F6NO/c10-8(11,12)4-17-7-2-1-5(16)3-6(7)9(13,14)15/h1-3H,4,16H2. The number of alkyl halides is 6. The average molecular weight is 259 g/mol. The first kappa shape index (κ1) is 13.5. The summed E-state index contributed by atoms with van der Waals surface area (Å²) in [5, 5.41) is 0. The maximum absolute atomic E-state index is 12.4. The van der Waals surface area contributed by atoms with Gasteiger partial charge in [0.25, 0.3) is 0 Å². The summed E-state index contributed by atoms with van der Waals surface area (Å²) in [5.41, 5.74) is 3.59. The molecule has 0 heterocycles. The summed E-state index contributed by atoms with van der Waals surface area (Å²) in [6, 6.07) is 2.30. The molecule has 0 amide bonds. The Kier molecular flexibility index (Phi) is 3.44. The Morgan fingerprint density at radius 2 is 1.65 bits per heavy atom. The van der Waals surface area contributed by atoms with Crippen molar-refractivity contribution in [2.45, 2.75) is 12.4 Å². The second-order valence-electron chi connectivity index (χ2n) is 3.16.